The number of aliphatic hydroxyl groups is 1. The normalized spacial score (nSPS) is 17.9. The van der Waals surface area contributed by atoms with Crippen LogP contribution in [0.25, 0.3) is 0 Å². The second-order valence-electron chi connectivity index (χ2n) is 11.7. The maximum absolute atomic E-state index is 14.2. The zero-order valence-electron chi connectivity index (χ0n) is 25.6. The van der Waals surface area contributed by atoms with Gasteiger partial charge in [0, 0.05) is 36.0 Å². The van der Waals surface area contributed by atoms with Gasteiger partial charge in [0.2, 0.25) is 5.90 Å². The van der Waals surface area contributed by atoms with Gasteiger partial charge in [-0.1, -0.05) is 57.9 Å². The molecule has 44 heavy (non-hydrogen) atoms. The zero-order chi connectivity index (χ0) is 31.7. The highest BCUT2D eigenvalue weighted by atomic mass is 79.9. The quantitative estimate of drug-likeness (QED) is 0.121. The van der Waals surface area contributed by atoms with E-state index >= 15 is 0 Å². The van der Waals surface area contributed by atoms with E-state index in [4.69, 9.17) is 24.3 Å². The summed E-state index contributed by atoms with van der Waals surface area (Å²) in [6.07, 6.45) is -0.297. The van der Waals surface area contributed by atoms with E-state index in [1.54, 1.807) is 32.9 Å². The maximum atomic E-state index is 14.2. The fourth-order valence-corrected chi connectivity index (χ4v) is 5.11. The Balaban J connectivity index is 1.68. The van der Waals surface area contributed by atoms with Crippen LogP contribution < -0.4 is 15.6 Å². The lowest BCUT2D eigenvalue weighted by Crippen LogP contribution is -2.52. The molecule has 0 unspecified atom stereocenters. The van der Waals surface area contributed by atoms with Gasteiger partial charge < -0.3 is 19.3 Å². The van der Waals surface area contributed by atoms with Crippen molar-refractivity contribution in [3.8, 4) is 5.75 Å². The SMILES string of the molecule is Cc1cccc(CNNC(=O)[C@@]2(CCC(=O)OC(C)(C)C)N=C(c3ccc(OCCCO)cc3)O[C@H]2c2ccc(Br)cc2)c1. The van der Waals surface area contributed by atoms with Crippen LogP contribution >= 0.6 is 15.9 Å². The van der Waals surface area contributed by atoms with E-state index in [1.165, 1.54) is 0 Å². The number of hydrazine groups is 1. The molecule has 3 N–H and O–H groups in total. The Kier molecular flexibility index (Phi) is 11.2. The van der Waals surface area contributed by atoms with Crippen LogP contribution in [0.2, 0.25) is 0 Å². The van der Waals surface area contributed by atoms with Crippen LogP contribution in [-0.2, 0) is 25.6 Å². The zero-order valence-corrected chi connectivity index (χ0v) is 27.1. The molecular formula is C34H40BrN3O6. The van der Waals surface area contributed by atoms with Gasteiger partial charge >= 0.3 is 5.97 Å². The van der Waals surface area contributed by atoms with Crippen molar-refractivity contribution in [2.45, 2.75) is 70.7 Å². The molecule has 10 heteroatoms. The first-order chi connectivity index (χ1) is 21.0. The molecule has 3 aromatic rings. The predicted molar refractivity (Wildman–Crippen MR) is 172 cm³/mol. The van der Waals surface area contributed by atoms with Crippen molar-refractivity contribution < 1.29 is 28.9 Å². The van der Waals surface area contributed by atoms with Gasteiger partial charge in [-0.25, -0.2) is 10.4 Å². The van der Waals surface area contributed by atoms with Crippen LogP contribution in [0.5, 0.6) is 5.75 Å². The summed E-state index contributed by atoms with van der Waals surface area (Å²) in [5.41, 5.74) is 7.23. The number of nitrogens with zero attached hydrogens (tertiary/aromatic N) is 1. The number of hydrogen-bond donors (Lipinski definition) is 3. The monoisotopic (exact) mass is 665 g/mol. The molecule has 3 aromatic carbocycles. The van der Waals surface area contributed by atoms with Crippen LogP contribution in [-0.4, -0.2) is 47.2 Å². The van der Waals surface area contributed by atoms with E-state index in [2.05, 4.69) is 26.8 Å². The van der Waals surface area contributed by atoms with Gasteiger partial charge in [0.15, 0.2) is 11.6 Å². The van der Waals surface area contributed by atoms with Crippen molar-refractivity contribution in [3.63, 3.8) is 0 Å². The van der Waals surface area contributed by atoms with Crippen molar-refractivity contribution in [2.24, 2.45) is 4.99 Å². The van der Waals surface area contributed by atoms with E-state index in [9.17, 15) is 9.59 Å². The summed E-state index contributed by atoms with van der Waals surface area (Å²) < 4.78 is 18.6. The average molecular weight is 667 g/mol. The molecule has 2 atom stereocenters. The molecule has 1 heterocycles. The molecule has 1 aliphatic heterocycles. The standard InChI is InChI=1S/C34H40BrN3O6/c1-23-7-5-8-24(21-23)22-36-38-32(41)34(18-17-29(40)44-33(2,3)4)30(25-9-13-27(35)14-10-25)43-31(37-34)26-11-15-28(16-12-26)42-20-6-19-39/h5,7-16,21,30,36,39H,6,17-20,22H2,1-4H3,(H,38,41)/t30-,34-/m0/s1. The second-order valence-corrected chi connectivity index (χ2v) is 12.6. The van der Waals surface area contributed by atoms with Crippen LogP contribution in [0.3, 0.4) is 0 Å². The highest BCUT2D eigenvalue weighted by Crippen LogP contribution is 2.43. The second kappa shape index (κ2) is 14.8. The summed E-state index contributed by atoms with van der Waals surface area (Å²) in [5.74, 6) is 0.0537. The number of esters is 1. The minimum Gasteiger partial charge on any atom is -0.494 e. The number of benzene rings is 3. The Morgan fingerprint density at radius 2 is 1.80 bits per heavy atom. The Bertz CT molecular complexity index is 1450. The van der Waals surface area contributed by atoms with Gasteiger partial charge in [-0.3, -0.25) is 15.0 Å². The van der Waals surface area contributed by atoms with Crippen LogP contribution in [0.1, 0.15) is 68.4 Å². The molecule has 0 radical (unpaired) electrons. The van der Waals surface area contributed by atoms with Crippen LogP contribution in [0, 0.1) is 6.92 Å². The third-order valence-corrected chi connectivity index (χ3v) is 7.44. The van der Waals surface area contributed by atoms with Crippen molar-refractivity contribution in [3.05, 3.63) is 99.5 Å². The Morgan fingerprint density at radius 1 is 1.07 bits per heavy atom. The lowest BCUT2D eigenvalue weighted by molar-refractivity contribution is -0.155. The summed E-state index contributed by atoms with van der Waals surface area (Å²) in [6, 6.07) is 22.7. The molecule has 9 nitrogen and oxygen atoms in total. The van der Waals surface area contributed by atoms with E-state index < -0.39 is 29.1 Å². The predicted octanol–water partition coefficient (Wildman–Crippen LogP) is 5.72. The number of halogens is 1. The average Bonchev–Trinajstić information content (AvgIpc) is 3.37. The number of aliphatic hydroxyl groups excluding tert-OH is 1. The molecular weight excluding hydrogens is 626 g/mol. The summed E-state index contributed by atoms with van der Waals surface area (Å²) in [4.78, 5) is 32.0. The Labute approximate surface area is 267 Å². The molecule has 4 rings (SSSR count). The van der Waals surface area contributed by atoms with Gasteiger partial charge in [-0.2, -0.15) is 0 Å². The van der Waals surface area contributed by atoms with E-state index in [-0.39, 0.29) is 25.3 Å². The number of amides is 1. The highest BCUT2D eigenvalue weighted by Gasteiger charge is 2.53. The molecule has 0 fully saturated rings. The number of nitrogens with one attached hydrogen (secondary N) is 2. The highest BCUT2D eigenvalue weighted by molar-refractivity contribution is 9.10. The molecule has 234 valence electrons. The van der Waals surface area contributed by atoms with E-state index in [0.29, 0.717) is 30.9 Å². The largest absolute Gasteiger partial charge is 0.494 e. The number of ether oxygens (including phenoxy) is 3. The van der Waals surface area contributed by atoms with E-state index in [0.717, 1.165) is 21.2 Å². The van der Waals surface area contributed by atoms with Crippen LogP contribution in [0.4, 0.5) is 0 Å². The van der Waals surface area contributed by atoms with Crippen molar-refractivity contribution in [2.75, 3.05) is 13.2 Å². The first-order valence-corrected chi connectivity index (χ1v) is 15.5. The molecule has 0 bridgehead atoms. The smallest absolute Gasteiger partial charge is 0.306 e. The lowest BCUT2D eigenvalue weighted by Gasteiger charge is -2.31. The van der Waals surface area contributed by atoms with Crippen molar-refractivity contribution in [1.82, 2.24) is 10.9 Å². The maximum Gasteiger partial charge on any atom is 0.306 e. The summed E-state index contributed by atoms with van der Waals surface area (Å²) in [7, 11) is 0. The number of aliphatic imine (C=N–C) groups is 1. The van der Waals surface area contributed by atoms with Gasteiger partial charge in [0.25, 0.3) is 5.91 Å². The minimum atomic E-state index is -1.49. The lowest BCUT2D eigenvalue weighted by atomic mass is 9.83. The summed E-state index contributed by atoms with van der Waals surface area (Å²) in [6.45, 7) is 8.26. The van der Waals surface area contributed by atoms with Gasteiger partial charge in [0.1, 0.15) is 11.4 Å². The number of carbonyl (C=O) groups is 2. The van der Waals surface area contributed by atoms with E-state index in [1.807, 2.05) is 67.6 Å². The molecule has 0 saturated heterocycles. The topological polar surface area (TPSA) is 118 Å². The molecule has 0 aromatic heterocycles. The van der Waals surface area contributed by atoms with Gasteiger partial charge in [0.05, 0.1) is 6.61 Å². The third kappa shape index (κ3) is 8.90. The first kappa shape index (κ1) is 33.2. The van der Waals surface area contributed by atoms with Gasteiger partial charge in [-0.05, 0) is 81.6 Å². The Morgan fingerprint density at radius 3 is 2.45 bits per heavy atom. The number of carbonyl (C=O) groups excluding carboxylic acids is 2. The number of aryl methyl sites for hydroxylation is 1. The molecule has 0 spiro atoms. The number of rotatable bonds is 13. The first-order valence-electron chi connectivity index (χ1n) is 14.7. The fraction of sp³-hybridized carbons (Fsp3) is 0.382. The van der Waals surface area contributed by atoms with Gasteiger partial charge in [-0.15, -0.1) is 0 Å². The third-order valence-electron chi connectivity index (χ3n) is 6.91. The van der Waals surface area contributed by atoms with Crippen molar-refractivity contribution in [1.29, 1.82) is 0 Å². The number of hydrogen-bond acceptors (Lipinski definition) is 8. The molecule has 0 aliphatic carbocycles. The molecule has 0 saturated carbocycles. The fourth-order valence-electron chi connectivity index (χ4n) is 4.85. The minimum absolute atomic E-state index is 0.0481. The molecule has 1 aliphatic rings. The van der Waals surface area contributed by atoms with Crippen molar-refractivity contribution >= 4 is 33.7 Å². The summed E-state index contributed by atoms with van der Waals surface area (Å²) >= 11 is 3.48. The van der Waals surface area contributed by atoms with Crippen LogP contribution in [0.15, 0.2) is 82.3 Å². The summed E-state index contributed by atoms with van der Waals surface area (Å²) in [5, 5.41) is 9.04. The molecule has 1 amide bonds. The Hall–Kier alpha value is -3.73.